The molecule has 1 aromatic rings. The lowest BCUT2D eigenvalue weighted by molar-refractivity contribution is -0.123. The minimum absolute atomic E-state index is 0.0382. The summed E-state index contributed by atoms with van der Waals surface area (Å²) >= 11 is 0. The number of amides is 1. The highest BCUT2D eigenvalue weighted by molar-refractivity contribution is 5.77. The SMILES string of the molecule is CC(C)CNC(=O)COc1cnn(C(C)C)c1. The van der Waals surface area contributed by atoms with E-state index in [4.69, 9.17) is 4.74 Å². The van der Waals surface area contributed by atoms with Crippen molar-refractivity contribution in [1.82, 2.24) is 15.1 Å². The molecule has 0 bridgehead atoms. The summed E-state index contributed by atoms with van der Waals surface area (Å²) < 4.78 is 7.13. The van der Waals surface area contributed by atoms with Crippen LogP contribution in [0.2, 0.25) is 0 Å². The molecule has 0 aliphatic rings. The minimum Gasteiger partial charge on any atom is -0.480 e. The fraction of sp³-hybridized carbons (Fsp3) is 0.667. The van der Waals surface area contributed by atoms with Crippen LogP contribution in [0, 0.1) is 5.92 Å². The lowest BCUT2D eigenvalue weighted by atomic mass is 10.2. The van der Waals surface area contributed by atoms with E-state index in [0.717, 1.165) is 0 Å². The monoisotopic (exact) mass is 239 g/mol. The van der Waals surface area contributed by atoms with Gasteiger partial charge in [-0.1, -0.05) is 13.8 Å². The van der Waals surface area contributed by atoms with Crippen molar-refractivity contribution in [3.63, 3.8) is 0 Å². The minimum atomic E-state index is -0.101. The van der Waals surface area contributed by atoms with Gasteiger partial charge in [0.15, 0.2) is 12.4 Å². The number of carbonyl (C=O) groups is 1. The largest absolute Gasteiger partial charge is 0.480 e. The third-order valence-electron chi connectivity index (χ3n) is 2.18. The number of aromatic nitrogens is 2. The quantitative estimate of drug-likeness (QED) is 0.820. The Morgan fingerprint density at radius 3 is 2.71 bits per heavy atom. The maximum absolute atomic E-state index is 11.4. The van der Waals surface area contributed by atoms with E-state index in [1.54, 1.807) is 17.1 Å². The Kier molecular flexibility index (Phi) is 5.00. The standard InChI is InChI=1S/C12H21N3O2/c1-9(2)5-13-12(16)8-17-11-6-14-15(7-11)10(3)4/h6-7,9-10H,5,8H2,1-4H3,(H,13,16). The van der Waals surface area contributed by atoms with E-state index >= 15 is 0 Å². The van der Waals surface area contributed by atoms with E-state index in [2.05, 4.69) is 10.4 Å². The highest BCUT2D eigenvalue weighted by atomic mass is 16.5. The molecule has 0 fully saturated rings. The zero-order valence-corrected chi connectivity index (χ0v) is 10.9. The predicted molar refractivity (Wildman–Crippen MR) is 66.0 cm³/mol. The van der Waals surface area contributed by atoms with Gasteiger partial charge in [-0.15, -0.1) is 0 Å². The summed E-state index contributed by atoms with van der Waals surface area (Å²) in [7, 11) is 0. The number of hydrogen-bond donors (Lipinski definition) is 1. The summed E-state index contributed by atoms with van der Waals surface area (Å²) in [6.45, 7) is 8.88. The van der Waals surface area contributed by atoms with Crippen LogP contribution in [0.25, 0.3) is 0 Å². The number of nitrogens with one attached hydrogen (secondary N) is 1. The summed E-state index contributed by atoms with van der Waals surface area (Å²) in [4.78, 5) is 11.4. The van der Waals surface area contributed by atoms with Crippen LogP contribution in [0.15, 0.2) is 12.4 Å². The normalized spacial score (nSPS) is 10.9. The van der Waals surface area contributed by atoms with E-state index in [1.807, 2.05) is 27.7 Å². The molecule has 0 aromatic carbocycles. The van der Waals surface area contributed by atoms with Crippen LogP contribution in [-0.4, -0.2) is 28.8 Å². The van der Waals surface area contributed by atoms with Crippen molar-refractivity contribution in [2.24, 2.45) is 5.92 Å². The molecule has 0 unspecified atom stereocenters. The van der Waals surface area contributed by atoms with Gasteiger partial charge in [0.05, 0.1) is 12.4 Å². The number of carbonyl (C=O) groups excluding carboxylic acids is 1. The van der Waals surface area contributed by atoms with E-state index in [9.17, 15) is 4.79 Å². The van der Waals surface area contributed by atoms with Gasteiger partial charge in [-0.05, 0) is 19.8 Å². The Hall–Kier alpha value is -1.52. The molecular weight excluding hydrogens is 218 g/mol. The van der Waals surface area contributed by atoms with Gasteiger partial charge in [-0.2, -0.15) is 5.10 Å². The van der Waals surface area contributed by atoms with Crippen LogP contribution >= 0.6 is 0 Å². The van der Waals surface area contributed by atoms with E-state index in [1.165, 1.54) is 0 Å². The third-order valence-corrected chi connectivity index (χ3v) is 2.18. The topological polar surface area (TPSA) is 56.1 Å². The van der Waals surface area contributed by atoms with Crippen molar-refractivity contribution >= 4 is 5.91 Å². The number of nitrogens with zero attached hydrogens (tertiary/aromatic N) is 2. The molecule has 5 nitrogen and oxygen atoms in total. The van der Waals surface area contributed by atoms with E-state index < -0.39 is 0 Å². The van der Waals surface area contributed by atoms with Crippen LogP contribution in [0.1, 0.15) is 33.7 Å². The van der Waals surface area contributed by atoms with Crippen molar-refractivity contribution in [1.29, 1.82) is 0 Å². The molecule has 0 saturated carbocycles. The fourth-order valence-corrected chi connectivity index (χ4v) is 1.20. The number of ether oxygens (including phenoxy) is 1. The smallest absolute Gasteiger partial charge is 0.257 e. The summed E-state index contributed by atoms with van der Waals surface area (Å²) in [6, 6.07) is 0.294. The molecule has 96 valence electrons. The molecule has 1 rings (SSSR count). The van der Waals surface area contributed by atoms with E-state index in [0.29, 0.717) is 24.3 Å². The first kappa shape index (κ1) is 13.5. The summed E-state index contributed by atoms with van der Waals surface area (Å²) in [5.74, 6) is 0.969. The molecule has 5 heteroatoms. The second kappa shape index (κ2) is 6.27. The Morgan fingerprint density at radius 1 is 1.47 bits per heavy atom. The van der Waals surface area contributed by atoms with Crippen molar-refractivity contribution in [3.8, 4) is 5.75 Å². The van der Waals surface area contributed by atoms with Gasteiger partial charge in [0.25, 0.3) is 5.91 Å². The molecule has 0 spiro atoms. The molecular formula is C12H21N3O2. The Bertz CT molecular complexity index is 358. The van der Waals surface area contributed by atoms with Crippen molar-refractivity contribution in [3.05, 3.63) is 12.4 Å². The first-order valence-corrected chi connectivity index (χ1v) is 5.92. The van der Waals surface area contributed by atoms with Crippen molar-refractivity contribution < 1.29 is 9.53 Å². The lowest BCUT2D eigenvalue weighted by Gasteiger charge is -2.08. The molecule has 0 saturated heterocycles. The van der Waals surface area contributed by atoms with Gasteiger partial charge >= 0.3 is 0 Å². The summed E-state index contributed by atoms with van der Waals surface area (Å²) in [5.41, 5.74) is 0. The van der Waals surface area contributed by atoms with Gasteiger partial charge in [-0.3, -0.25) is 9.48 Å². The second-order valence-corrected chi connectivity index (χ2v) is 4.74. The summed E-state index contributed by atoms with van der Waals surface area (Å²) in [5, 5.41) is 6.92. The van der Waals surface area contributed by atoms with E-state index in [-0.39, 0.29) is 12.5 Å². The highest BCUT2D eigenvalue weighted by Crippen LogP contribution is 2.11. The number of rotatable bonds is 6. The molecule has 0 radical (unpaired) electrons. The molecule has 1 N–H and O–H groups in total. The number of hydrogen-bond acceptors (Lipinski definition) is 3. The van der Waals surface area contributed by atoms with Crippen molar-refractivity contribution in [2.75, 3.05) is 13.2 Å². The Morgan fingerprint density at radius 2 is 2.18 bits per heavy atom. The molecule has 0 aliphatic carbocycles. The average molecular weight is 239 g/mol. The predicted octanol–water partition coefficient (Wildman–Crippen LogP) is 1.61. The van der Waals surface area contributed by atoms with Crippen LogP contribution in [-0.2, 0) is 4.79 Å². The first-order valence-electron chi connectivity index (χ1n) is 5.92. The van der Waals surface area contributed by atoms with Crippen LogP contribution in [0.4, 0.5) is 0 Å². The zero-order valence-electron chi connectivity index (χ0n) is 10.9. The maximum atomic E-state index is 11.4. The molecule has 0 atom stereocenters. The lowest BCUT2D eigenvalue weighted by Crippen LogP contribution is -2.31. The van der Waals surface area contributed by atoms with Crippen molar-refractivity contribution in [2.45, 2.75) is 33.7 Å². The molecule has 0 aliphatic heterocycles. The fourth-order valence-electron chi connectivity index (χ4n) is 1.20. The average Bonchev–Trinajstić information content (AvgIpc) is 2.72. The first-order chi connectivity index (χ1) is 7.99. The van der Waals surface area contributed by atoms with Crippen LogP contribution in [0.5, 0.6) is 5.75 Å². The molecule has 1 aromatic heterocycles. The molecule has 1 amide bonds. The van der Waals surface area contributed by atoms with Gasteiger partial charge in [0, 0.05) is 12.6 Å². The van der Waals surface area contributed by atoms with Gasteiger partial charge in [0.2, 0.25) is 0 Å². The zero-order chi connectivity index (χ0) is 12.8. The molecule has 17 heavy (non-hydrogen) atoms. The van der Waals surface area contributed by atoms with Gasteiger partial charge in [-0.25, -0.2) is 0 Å². The second-order valence-electron chi connectivity index (χ2n) is 4.74. The summed E-state index contributed by atoms with van der Waals surface area (Å²) in [6.07, 6.45) is 3.41. The highest BCUT2D eigenvalue weighted by Gasteiger charge is 2.06. The maximum Gasteiger partial charge on any atom is 0.257 e. The third kappa shape index (κ3) is 4.89. The van der Waals surface area contributed by atoms with Crippen LogP contribution < -0.4 is 10.1 Å². The Balaban J connectivity index is 2.32. The Labute approximate surface area is 102 Å². The van der Waals surface area contributed by atoms with Gasteiger partial charge in [0.1, 0.15) is 0 Å². The van der Waals surface area contributed by atoms with Crippen LogP contribution in [0.3, 0.4) is 0 Å². The molecule has 1 heterocycles. The van der Waals surface area contributed by atoms with Gasteiger partial charge < -0.3 is 10.1 Å².